The second-order valence-electron chi connectivity index (χ2n) is 7.52. The highest BCUT2D eigenvalue weighted by atomic mass is 32.2. The predicted octanol–water partition coefficient (Wildman–Crippen LogP) is 4.35. The summed E-state index contributed by atoms with van der Waals surface area (Å²) < 4.78 is 46.4. The molecule has 2 heterocycles. The molecule has 5 nitrogen and oxygen atoms in total. The Bertz CT molecular complexity index is 1050. The SMILES string of the molecule is O=C(Cn1c(SC(F)F)nc2ccccc21)NCC1(c2ccc(F)cc2)CCOCC1. The number of alkyl halides is 2. The van der Waals surface area contributed by atoms with Crippen LogP contribution >= 0.6 is 11.8 Å². The van der Waals surface area contributed by atoms with E-state index in [1.165, 1.54) is 16.7 Å². The Kier molecular flexibility index (Phi) is 6.52. The van der Waals surface area contributed by atoms with Gasteiger partial charge in [0.1, 0.15) is 12.4 Å². The van der Waals surface area contributed by atoms with Crippen molar-refractivity contribution in [3.8, 4) is 0 Å². The molecular weight excluding hydrogens is 427 g/mol. The van der Waals surface area contributed by atoms with Crippen LogP contribution in [0, 0.1) is 5.82 Å². The largest absolute Gasteiger partial charge is 0.381 e. The summed E-state index contributed by atoms with van der Waals surface area (Å²) in [7, 11) is 0. The zero-order valence-corrected chi connectivity index (χ0v) is 17.5. The molecule has 0 saturated carbocycles. The van der Waals surface area contributed by atoms with E-state index in [1.807, 2.05) is 0 Å². The summed E-state index contributed by atoms with van der Waals surface area (Å²) in [4.78, 5) is 17.1. The zero-order valence-electron chi connectivity index (χ0n) is 16.7. The topological polar surface area (TPSA) is 56.2 Å². The summed E-state index contributed by atoms with van der Waals surface area (Å²) in [5, 5.41) is 3.06. The molecule has 1 fully saturated rings. The molecule has 1 amide bonds. The van der Waals surface area contributed by atoms with E-state index in [1.54, 1.807) is 36.4 Å². The molecule has 31 heavy (non-hydrogen) atoms. The minimum Gasteiger partial charge on any atom is -0.381 e. The number of amides is 1. The van der Waals surface area contributed by atoms with Gasteiger partial charge in [-0.1, -0.05) is 24.3 Å². The first-order valence-corrected chi connectivity index (χ1v) is 10.9. The van der Waals surface area contributed by atoms with Crippen molar-refractivity contribution in [2.24, 2.45) is 0 Å². The number of rotatable bonds is 7. The lowest BCUT2D eigenvalue weighted by Crippen LogP contribution is -2.45. The van der Waals surface area contributed by atoms with Crippen LogP contribution in [0.5, 0.6) is 0 Å². The van der Waals surface area contributed by atoms with Gasteiger partial charge in [-0.05, 0) is 54.4 Å². The Morgan fingerprint density at radius 3 is 2.58 bits per heavy atom. The Morgan fingerprint density at radius 1 is 1.16 bits per heavy atom. The number of benzene rings is 2. The average Bonchev–Trinajstić information content (AvgIpc) is 3.10. The molecule has 1 aliphatic heterocycles. The van der Waals surface area contributed by atoms with Gasteiger partial charge in [-0.15, -0.1) is 0 Å². The highest BCUT2D eigenvalue weighted by molar-refractivity contribution is 7.99. The van der Waals surface area contributed by atoms with Crippen molar-refractivity contribution in [1.29, 1.82) is 0 Å². The number of ether oxygens (including phenoxy) is 1. The second kappa shape index (κ2) is 9.32. The quantitative estimate of drug-likeness (QED) is 0.545. The van der Waals surface area contributed by atoms with E-state index in [-0.39, 0.29) is 28.8 Å². The first-order chi connectivity index (χ1) is 15.0. The monoisotopic (exact) mass is 449 g/mol. The van der Waals surface area contributed by atoms with Gasteiger partial charge in [-0.3, -0.25) is 4.79 Å². The number of nitrogens with one attached hydrogen (secondary N) is 1. The molecule has 0 unspecified atom stereocenters. The Morgan fingerprint density at radius 2 is 1.87 bits per heavy atom. The standard InChI is InChI=1S/C22H22F3N3O2S/c23-16-7-5-15(6-8-16)22(9-11-30-12-10-22)14-26-19(29)13-28-18-4-2-1-3-17(18)27-21(28)31-20(24)25/h1-8,20H,9-14H2,(H,26,29). The van der Waals surface area contributed by atoms with E-state index in [4.69, 9.17) is 4.74 Å². The first-order valence-electron chi connectivity index (χ1n) is 9.97. The Hall–Kier alpha value is -2.52. The zero-order chi connectivity index (χ0) is 21.8. The van der Waals surface area contributed by atoms with Crippen molar-refractivity contribution in [2.45, 2.75) is 35.7 Å². The number of halogens is 3. The number of hydrogen-bond acceptors (Lipinski definition) is 4. The van der Waals surface area contributed by atoms with Crippen LogP contribution < -0.4 is 5.32 Å². The van der Waals surface area contributed by atoms with Gasteiger partial charge in [0.25, 0.3) is 5.76 Å². The van der Waals surface area contributed by atoms with Crippen LogP contribution in [0.15, 0.2) is 53.7 Å². The van der Waals surface area contributed by atoms with E-state index in [2.05, 4.69) is 10.3 Å². The average molecular weight is 449 g/mol. The van der Waals surface area contributed by atoms with Crippen LogP contribution in [0.3, 0.4) is 0 Å². The molecule has 0 spiro atoms. The predicted molar refractivity (Wildman–Crippen MR) is 113 cm³/mol. The van der Waals surface area contributed by atoms with Crippen molar-refractivity contribution < 1.29 is 22.7 Å². The van der Waals surface area contributed by atoms with Crippen LogP contribution in [-0.4, -0.2) is 41.0 Å². The van der Waals surface area contributed by atoms with E-state index in [0.29, 0.717) is 55.4 Å². The highest BCUT2D eigenvalue weighted by Gasteiger charge is 2.35. The van der Waals surface area contributed by atoms with E-state index in [0.717, 1.165) is 5.56 Å². The first kappa shape index (κ1) is 21.7. The molecule has 1 aromatic heterocycles. The van der Waals surface area contributed by atoms with Gasteiger partial charge in [-0.2, -0.15) is 8.78 Å². The summed E-state index contributed by atoms with van der Waals surface area (Å²) in [5.41, 5.74) is 1.77. The molecule has 3 aromatic rings. The van der Waals surface area contributed by atoms with Gasteiger partial charge in [0.15, 0.2) is 5.16 Å². The van der Waals surface area contributed by atoms with Crippen molar-refractivity contribution in [3.05, 3.63) is 59.9 Å². The molecule has 1 aliphatic rings. The number of imidazole rings is 1. The smallest absolute Gasteiger partial charge is 0.291 e. The molecule has 1 saturated heterocycles. The number of thioether (sulfide) groups is 1. The summed E-state index contributed by atoms with van der Waals surface area (Å²) in [6.07, 6.45) is 1.39. The van der Waals surface area contributed by atoms with Crippen LogP contribution in [-0.2, 0) is 21.5 Å². The van der Waals surface area contributed by atoms with Crippen LogP contribution in [0.25, 0.3) is 11.0 Å². The third kappa shape index (κ3) is 4.88. The van der Waals surface area contributed by atoms with Gasteiger partial charge in [-0.25, -0.2) is 9.37 Å². The fraction of sp³-hybridized carbons (Fsp3) is 0.364. The maximum absolute atomic E-state index is 13.4. The lowest BCUT2D eigenvalue weighted by atomic mass is 9.74. The summed E-state index contributed by atoms with van der Waals surface area (Å²) in [6.45, 7) is 1.33. The lowest BCUT2D eigenvalue weighted by Gasteiger charge is -2.38. The van der Waals surface area contributed by atoms with E-state index >= 15 is 0 Å². The van der Waals surface area contributed by atoms with Crippen molar-refractivity contribution in [3.63, 3.8) is 0 Å². The molecular formula is C22H22F3N3O2S. The number of aromatic nitrogens is 2. The molecule has 2 aromatic carbocycles. The normalized spacial score (nSPS) is 16.0. The molecule has 9 heteroatoms. The minimum atomic E-state index is -2.64. The molecule has 0 aliphatic carbocycles. The summed E-state index contributed by atoms with van der Waals surface area (Å²) >= 11 is 0.323. The highest BCUT2D eigenvalue weighted by Crippen LogP contribution is 2.34. The van der Waals surface area contributed by atoms with E-state index in [9.17, 15) is 18.0 Å². The summed E-state index contributed by atoms with van der Waals surface area (Å²) in [6, 6.07) is 13.4. The Labute approximate surface area is 182 Å². The maximum atomic E-state index is 13.4. The Balaban J connectivity index is 1.52. The molecule has 164 valence electrons. The fourth-order valence-corrected chi connectivity index (χ4v) is 4.58. The number of nitrogens with zero attached hydrogens (tertiary/aromatic N) is 2. The molecule has 4 rings (SSSR count). The van der Waals surface area contributed by atoms with Crippen molar-refractivity contribution in [2.75, 3.05) is 19.8 Å². The van der Waals surface area contributed by atoms with Crippen molar-refractivity contribution >= 4 is 28.7 Å². The molecule has 1 N–H and O–H groups in total. The lowest BCUT2D eigenvalue weighted by molar-refractivity contribution is -0.122. The number of fused-ring (bicyclic) bond motifs is 1. The van der Waals surface area contributed by atoms with E-state index < -0.39 is 5.76 Å². The number of hydrogen-bond donors (Lipinski definition) is 1. The van der Waals surface area contributed by atoms with Gasteiger partial charge in [0.2, 0.25) is 5.91 Å². The summed E-state index contributed by atoms with van der Waals surface area (Å²) in [5.74, 6) is -3.25. The fourth-order valence-electron chi connectivity index (χ4n) is 3.98. The third-order valence-corrected chi connectivity index (χ3v) is 6.35. The van der Waals surface area contributed by atoms with Gasteiger partial charge < -0.3 is 14.6 Å². The maximum Gasteiger partial charge on any atom is 0.291 e. The molecule has 0 radical (unpaired) electrons. The van der Waals surface area contributed by atoms with Crippen LogP contribution in [0.2, 0.25) is 0 Å². The molecule has 0 bridgehead atoms. The number of carbonyl (C=O) groups is 1. The number of carbonyl (C=O) groups excluding carboxylic acids is 1. The van der Waals surface area contributed by atoms with Gasteiger partial charge in [0, 0.05) is 25.2 Å². The third-order valence-electron chi connectivity index (χ3n) is 5.65. The van der Waals surface area contributed by atoms with Crippen LogP contribution in [0.4, 0.5) is 13.2 Å². The van der Waals surface area contributed by atoms with Crippen molar-refractivity contribution in [1.82, 2.24) is 14.9 Å². The van der Waals surface area contributed by atoms with Gasteiger partial charge in [0.05, 0.1) is 11.0 Å². The second-order valence-corrected chi connectivity index (χ2v) is 8.48. The van der Waals surface area contributed by atoms with Crippen LogP contribution in [0.1, 0.15) is 18.4 Å². The molecule has 0 atom stereocenters. The minimum absolute atomic E-state index is 0.102. The number of para-hydroxylation sites is 2. The van der Waals surface area contributed by atoms with Gasteiger partial charge >= 0.3 is 0 Å².